The topological polar surface area (TPSA) is 35.5 Å². The predicted molar refractivity (Wildman–Crippen MR) is 66.8 cm³/mol. The molecular formula is C13H10ClFO3. The molecule has 3 nitrogen and oxygen atoms in total. The van der Waals surface area contributed by atoms with Crippen molar-refractivity contribution < 1.29 is 18.7 Å². The van der Waals surface area contributed by atoms with Gasteiger partial charge in [0.1, 0.15) is 17.1 Å². The molecule has 2 aromatic carbocycles. The fourth-order valence-electron chi connectivity index (χ4n) is 1.75. The van der Waals surface area contributed by atoms with Gasteiger partial charge in [-0.2, -0.15) is 0 Å². The molecule has 0 bridgehead atoms. The van der Waals surface area contributed by atoms with Crippen LogP contribution in [-0.4, -0.2) is 20.2 Å². The molecule has 0 N–H and O–H groups in total. The van der Waals surface area contributed by atoms with Gasteiger partial charge in [0, 0.05) is 10.4 Å². The van der Waals surface area contributed by atoms with Gasteiger partial charge in [0.25, 0.3) is 0 Å². The number of hydrogen-bond acceptors (Lipinski definition) is 3. The first-order chi connectivity index (χ1) is 8.58. The Bertz CT molecular complexity index is 625. The maximum absolute atomic E-state index is 14.3. The molecule has 0 aliphatic heterocycles. The van der Waals surface area contributed by atoms with E-state index in [0.29, 0.717) is 10.4 Å². The quantitative estimate of drug-likeness (QED) is 0.783. The summed E-state index contributed by atoms with van der Waals surface area (Å²) in [5.74, 6) is -1.35. The van der Waals surface area contributed by atoms with E-state index in [-0.39, 0.29) is 16.7 Å². The van der Waals surface area contributed by atoms with Crippen LogP contribution in [-0.2, 0) is 4.74 Å². The van der Waals surface area contributed by atoms with Crippen LogP contribution < -0.4 is 4.74 Å². The summed E-state index contributed by atoms with van der Waals surface area (Å²) in [5, 5.41) is 1.24. The fraction of sp³-hybridized carbons (Fsp3) is 0.154. The molecule has 0 amide bonds. The zero-order valence-corrected chi connectivity index (χ0v) is 10.5. The Kier molecular flexibility index (Phi) is 3.39. The lowest BCUT2D eigenvalue weighted by atomic mass is 10.0. The lowest BCUT2D eigenvalue weighted by Gasteiger charge is -2.10. The van der Waals surface area contributed by atoms with Crippen LogP contribution in [0.1, 0.15) is 10.4 Å². The number of ether oxygens (including phenoxy) is 2. The Balaban J connectivity index is 2.83. The predicted octanol–water partition coefficient (Wildman–Crippen LogP) is 3.43. The van der Waals surface area contributed by atoms with E-state index in [1.165, 1.54) is 20.3 Å². The standard InChI is InChI=1S/C13H10ClFO3/c1-17-10-5-7-3-4-8(14)6-9(7)12(15)11(10)13(16)18-2/h3-6H,1-2H3. The van der Waals surface area contributed by atoms with E-state index < -0.39 is 11.8 Å². The zero-order valence-electron chi connectivity index (χ0n) is 9.79. The van der Waals surface area contributed by atoms with Gasteiger partial charge in [0.15, 0.2) is 0 Å². The summed E-state index contributed by atoms with van der Waals surface area (Å²) in [6, 6.07) is 6.32. The number of halogens is 2. The fourth-order valence-corrected chi connectivity index (χ4v) is 1.93. The summed E-state index contributed by atoms with van der Waals surface area (Å²) < 4.78 is 23.9. The van der Waals surface area contributed by atoms with Crippen LogP contribution in [0.4, 0.5) is 4.39 Å². The van der Waals surface area contributed by atoms with Crippen LogP contribution in [0.3, 0.4) is 0 Å². The summed E-state index contributed by atoms with van der Waals surface area (Å²) in [6.07, 6.45) is 0. The van der Waals surface area contributed by atoms with Crippen molar-refractivity contribution in [3.63, 3.8) is 0 Å². The largest absolute Gasteiger partial charge is 0.496 e. The molecule has 0 aliphatic rings. The van der Waals surface area contributed by atoms with Crippen molar-refractivity contribution in [3.8, 4) is 5.75 Å². The highest BCUT2D eigenvalue weighted by Crippen LogP contribution is 2.31. The minimum absolute atomic E-state index is 0.133. The number of carbonyl (C=O) groups is 1. The molecule has 2 aromatic rings. The van der Waals surface area contributed by atoms with Crippen molar-refractivity contribution in [2.24, 2.45) is 0 Å². The Morgan fingerprint density at radius 3 is 2.61 bits per heavy atom. The van der Waals surface area contributed by atoms with Crippen molar-refractivity contribution in [2.75, 3.05) is 14.2 Å². The Hall–Kier alpha value is -1.81. The van der Waals surface area contributed by atoms with Crippen molar-refractivity contribution in [2.45, 2.75) is 0 Å². The molecule has 0 heterocycles. The Labute approximate surface area is 108 Å². The Morgan fingerprint density at radius 2 is 2.00 bits per heavy atom. The van der Waals surface area contributed by atoms with Gasteiger partial charge in [-0.05, 0) is 23.6 Å². The van der Waals surface area contributed by atoms with Gasteiger partial charge in [-0.1, -0.05) is 17.7 Å². The summed E-state index contributed by atoms with van der Waals surface area (Å²) in [5.41, 5.74) is -0.227. The molecule has 0 unspecified atom stereocenters. The van der Waals surface area contributed by atoms with Crippen molar-refractivity contribution in [1.82, 2.24) is 0 Å². The first-order valence-corrected chi connectivity index (χ1v) is 5.50. The molecule has 0 aliphatic carbocycles. The van der Waals surface area contributed by atoms with Gasteiger partial charge >= 0.3 is 5.97 Å². The van der Waals surface area contributed by atoms with Gasteiger partial charge < -0.3 is 9.47 Å². The number of benzene rings is 2. The third-order valence-corrected chi connectivity index (χ3v) is 2.85. The molecule has 94 valence electrons. The second kappa shape index (κ2) is 4.82. The van der Waals surface area contributed by atoms with Crippen LogP contribution in [0.15, 0.2) is 24.3 Å². The monoisotopic (exact) mass is 268 g/mol. The van der Waals surface area contributed by atoms with Crippen LogP contribution >= 0.6 is 11.6 Å². The number of esters is 1. The molecule has 0 fully saturated rings. The molecule has 0 atom stereocenters. The van der Waals surface area contributed by atoms with Crippen LogP contribution in [0, 0.1) is 5.82 Å². The normalized spacial score (nSPS) is 10.4. The summed E-state index contributed by atoms with van der Waals surface area (Å²) >= 11 is 5.82. The molecule has 18 heavy (non-hydrogen) atoms. The van der Waals surface area contributed by atoms with Gasteiger partial charge in [0.2, 0.25) is 0 Å². The van der Waals surface area contributed by atoms with Gasteiger partial charge in [-0.15, -0.1) is 0 Å². The third-order valence-electron chi connectivity index (χ3n) is 2.61. The van der Waals surface area contributed by atoms with Crippen LogP contribution in [0.25, 0.3) is 10.8 Å². The zero-order chi connectivity index (χ0) is 13.3. The lowest BCUT2D eigenvalue weighted by Crippen LogP contribution is -2.07. The maximum atomic E-state index is 14.3. The maximum Gasteiger partial charge on any atom is 0.344 e. The van der Waals surface area contributed by atoms with Gasteiger partial charge in [0.05, 0.1) is 14.2 Å². The molecule has 0 saturated carbocycles. The van der Waals surface area contributed by atoms with E-state index in [0.717, 1.165) is 0 Å². The number of rotatable bonds is 2. The molecular weight excluding hydrogens is 259 g/mol. The number of fused-ring (bicyclic) bond motifs is 1. The first kappa shape index (κ1) is 12.6. The minimum atomic E-state index is -0.786. The summed E-state index contributed by atoms with van der Waals surface area (Å²) in [4.78, 5) is 11.6. The average molecular weight is 269 g/mol. The van der Waals surface area contributed by atoms with Crippen molar-refractivity contribution in [3.05, 3.63) is 40.7 Å². The molecule has 0 spiro atoms. The SMILES string of the molecule is COC(=O)c1c(OC)cc2ccc(Cl)cc2c1F. The minimum Gasteiger partial charge on any atom is -0.496 e. The van der Waals surface area contributed by atoms with E-state index in [1.807, 2.05) is 0 Å². The van der Waals surface area contributed by atoms with Gasteiger partial charge in [-0.25, -0.2) is 9.18 Å². The second-order valence-electron chi connectivity index (χ2n) is 3.62. The third kappa shape index (κ3) is 1.99. The first-order valence-electron chi connectivity index (χ1n) is 5.12. The number of carbonyl (C=O) groups excluding carboxylic acids is 1. The molecule has 0 radical (unpaired) electrons. The lowest BCUT2D eigenvalue weighted by molar-refractivity contribution is 0.0592. The molecule has 0 aromatic heterocycles. The van der Waals surface area contributed by atoms with Gasteiger partial charge in [-0.3, -0.25) is 0 Å². The summed E-state index contributed by atoms with van der Waals surface area (Å²) in [6.45, 7) is 0. The van der Waals surface area contributed by atoms with Crippen molar-refractivity contribution >= 4 is 28.3 Å². The molecule has 5 heteroatoms. The number of hydrogen-bond donors (Lipinski definition) is 0. The van der Waals surface area contributed by atoms with E-state index in [4.69, 9.17) is 16.3 Å². The highest BCUT2D eigenvalue weighted by Gasteiger charge is 2.21. The average Bonchev–Trinajstić information content (AvgIpc) is 2.38. The van der Waals surface area contributed by atoms with E-state index in [2.05, 4.69) is 4.74 Å². The highest BCUT2D eigenvalue weighted by atomic mass is 35.5. The molecule has 0 saturated heterocycles. The summed E-state index contributed by atoms with van der Waals surface area (Å²) in [7, 11) is 2.55. The van der Waals surface area contributed by atoms with Crippen LogP contribution in [0.2, 0.25) is 5.02 Å². The molecule has 2 rings (SSSR count). The van der Waals surface area contributed by atoms with E-state index >= 15 is 0 Å². The Morgan fingerprint density at radius 1 is 1.28 bits per heavy atom. The van der Waals surface area contributed by atoms with Crippen LogP contribution in [0.5, 0.6) is 5.75 Å². The number of methoxy groups -OCH3 is 2. The highest BCUT2D eigenvalue weighted by molar-refractivity contribution is 6.31. The smallest absolute Gasteiger partial charge is 0.344 e. The second-order valence-corrected chi connectivity index (χ2v) is 4.06. The van der Waals surface area contributed by atoms with Crippen molar-refractivity contribution in [1.29, 1.82) is 0 Å². The van der Waals surface area contributed by atoms with E-state index in [1.54, 1.807) is 18.2 Å². The van der Waals surface area contributed by atoms with E-state index in [9.17, 15) is 9.18 Å².